The van der Waals surface area contributed by atoms with Gasteiger partial charge in [0.1, 0.15) is 6.04 Å². The fourth-order valence-corrected chi connectivity index (χ4v) is 2.63. The van der Waals surface area contributed by atoms with Crippen LogP contribution in [0.5, 0.6) is 0 Å². The zero-order valence-corrected chi connectivity index (χ0v) is 11.7. The summed E-state index contributed by atoms with van der Waals surface area (Å²) in [6, 6.07) is 13.1. The Labute approximate surface area is 122 Å². The fourth-order valence-electron chi connectivity index (χ4n) is 2.63. The first kappa shape index (κ1) is 13.5. The van der Waals surface area contributed by atoms with Gasteiger partial charge in [0.2, 0.25) is 0 Å². The molecule has 0 amide bonds. The second kappa shape index (κ2) is 5.14. The molecule has 3 aromatic rings. The molecule has 21 heavy (non-hydrogen) atoms. The number of aromatic nitrogens is 1. The second-order valence-electron chi connectivity index (χ2n) is 5.24. The van der Waals surface area contributed by atoms with Crippen LogP contribution in [-0.4, -0.2) is 22.1 Å². The molecular weight excluding hydrogens is 264 g/mol. The minimum absolute atomic E-state index is 0.317. The van der Waals surface area contributed by atoms with Crippen molar-refractivity contribution in [2.45, 2.75) is 19.4 Å². The van der Waals surface area contributed by atoms with Crippen molar-refractivity contribution in [1.29, 1.82) is 0 Å². The number of para-hydroxylation sites is 1. The van der Waals surface area contributed by atoms with E-state index in [1.807, 2.05) is 49.4 Å². The molecule has 2 aromatic carbocycles. The summed E-state index contributed by atoms with van der Waals surface area (Å²) in [5.41, 5.74) is 8.43. The Morgan fingerprint density at radius 1 is 1.19 bits per heavy atom. The normalized spacial score (nSPS) is 12.7. The summed E-state index contributed by atoms with van der Waals surface area (Å²) < 4.78 is 0. The standard InChI is InChI=1S/C17H16N2O2/c1-10-14-8-11(9-15(18)17(20)21)6-7-12(14)13-4-2-3-5-16(13)19-10/h2-8,15H,9,18H2,1H3,(H,20,21)/t15-/m0/s1. The maximum atomic E-state index is 10.9. The van der Waals surface area contributed by atoms with Crippen molar-refractivity contribution in [3.63, 3.8) is 0 Å². The monoisotopic (exact) mass is 280 g/mol. The third-order valence-electron chi connectivity index (χ3n) is 3.73. The van der Waals surface area contributed by atoms with Crippen LogP contribution in [0.25, 0.3) is 21.7 Å². The van der Waals surface area contributed by atoms with E-state index in [1.165, 1.54) is 0 Å². The molecule has 0 bridgehead atoms. The van der Waals surface area contributed by atoms with Gasteiger partial charge in [-0.3, -0.25) is 9.78 Å². The highest BCUT2D eigenvalue weighted by Crippen LogP contribution is 2.27. The van der Waals surface area contributed by atoms with E-state index < -0.39 is 12.0 Å². The summed E-state index contributed by atoms with van der Waals surface area (Å²) in [5.74, 6) is -0.983. The van der Waals surface area contributed by atoms with Gasteiger partial charge in [-0.15, -0.1) is 0 Å². The van der Waals surface area contributed by atoms with Gasteiger partial charge in [-0.05, 0) is 36.4 Å². The molecule has 0 spiro atoms. The van der Waals surface area contributed by atoms with Crippen LogP contribution >= 0.6 is 0 Å². The molecule has 0 unspecified atom stereocenters. The molecule has 1 aromatic heterocycles. The molecule has 1 heterocycles. The van der Waals surface area contributed by atoms with Crippen LogP contribution in [0.4, 0.5) is 0 Å². The molecule has 0 aliphatic carbocycles. The lowest BCUT2D eigenvalue weighted by Gasteiger charge is -2.10. The van der Waals surface area contributed by atoms with Crippen LogP contribution in [0, 0.1) is 6.92 Å². The van der Waals surface area contributed by atoms with Crippen molar-refractivity contribution in [1.82, 2.24) is 4.98 Å². The van der Waals surface area contributed by atoms with Gasteiger partial charge >= 0.3 is 5.97 Å². The van der Waals surface area contributed by atoms with Crippen molar-refractivity contribution in [3.05, 3.63) is 53.7 Å². The summed E-state index contributed by atoms with van der Waals surface area (Å²) in [7, 11) is 0. The Morgan fingerprint density at radius 3 is 2.71 bits per heavy atom. The first-order chi connectivity index (χ1) is 10.1. The molecule has 4 heteroatoms. The largest absolute Gasteiger partial charge is 0.480 e. The number of benzene rings is 2. The number of carbonyl (C=O) groups is 1. The first-order valence-electron chi connectivity index (χ1n) is 6.82. The van der Waals surface area contributed by atoms with E-state index in [0.717, 1.165) is 32.9 Å². The van der Waals surface area contributed by atoms with E-state index in [1.54, 1.807) is 0 Å². The molecule has 0 saturated heterocycles. The molecule has 0 aliphatic heterocycles. The van der Waals surface area contributed by atoms with Crippen LogP contribution in [-0.2, 0) is 11.2 Å². The van der Waals surface area contributed by atoms with Gasteiger partial charge in [-0.1, -0.05) is 30.3 Å². The second-order valence-corrected chi connectivity index (χ2v) is 5.24. The summed E-state index contributed by atoms with van der Waals surface area (Å²) >= 11 is 0. The Balaban J connectivity index is 2.16. The number of pyridine rings is 1. The summed E-state index contributed by atoms with van der Waals surface area (Å²) in [4.78, 5) is 15.5. The van der Waals surface area contributed by atoms with Gasteiger partial charge in [-0.25, -0.2) is 0 Å². The molecule has 0 saturated carbocycles. The lowest BCUT2D eigenvalue weighted by Crippen LogP contribution is -2.32. The fraction of sp³-hybridized carbons (Fsp3) is 0.176. The van der Waals surface area contributed by atoms with Crippen molar-refractivity contribution in [2.24, 2.45) is 5.73 Å². The number of nitrogens with two attached hydrogens (primary N) is 1. The molecule has 0 fully saturated rings. The number of nitrogens with zero attached hydrogens (tertiary/aromatic N) is 1. The predicted molar refractivity (Wildman–Crippen MR) is 83.3 cm³/mol. The molecule has 4 nitrogen and oxygen atoms in total. The molecule has 3 N–H and O–H groups in total. The topological polar surface area (TPSA) is 76.2 Å². The van der Waals surface area contributed by atoms with Crippen molar-refractivity contribution < 1.29 is 9.90 Å². The van der Waals surface area contributed by atoms with Gasteiger partial charge in [-0.2, -0.15) is 0 Å². The number of carboxylic acid groups (broad SMARTS) is 1. The zero-order chi connectivity index (χ0) is 15.0. The van der Waals surface area contributed by atoms with Crippen molar-refractivity contribution in [2.75, 3.05) is 0 Å². The van der Waals surface area contributed by atoms with E-state index >= 15 is 0 Å². The highest BCUT2D eigenvalue weighted by atomic mass is 16.4. The zero-order valence-electron chi connectivity index (χ0n) is 11.7. The SMILES string of the molecule is Cc1nc2ccccc2c2ccc(C[C@H](N)C(=O)O)cc12. The van der Waals surface area contributed by atoms with Gasteiger partial charge in [0, 0.05) is 16.5 Å². The van der Waals surface area contributed by atoms with E-state index in [-0.39, 0.29) is 0 Å². The quantitative estimate of drug-likeness (QED) is 0.723. The smallest absolute Gasteiger partial charge is 0.320 e. The maximum absolute atomic E-state index is 10.9. The molecule has 0 radical (unpaired) electrons. The predicted octanol–water partition coefficient (Wildman–Crippen LogP) is 2.65. The first-order valence-corrected chi connectivity index (χ1v) is 6.82. The molecule has 1 atom stereocenters. The minimum Gasteiger partial charge on any atom is -0.480 e. The van der Waals surface area contributed by atoms with E-state index in [2.05, 4.69) is 4.98 Å². The van der Waals surface area contributed by atoms with Gasteiger partial charge in [0.15, 0.2) is 0 Å². The Kier molecular flexibility index (Phi) is 3.31. The van der Waals surface area contributed by atoms with Crippen LogP contribution in [0.15, 0.2) is 42.5 Å². The number of aryl methyl sites for hydroxylation is 1. The highest BCUT2D eigenvalue weighted by Gasteiger charge is 2.13. The lowest BCUT2D eigenvalue weighted by molar-refractivity contribution is -0.138. The van der Waals surface area contributed by atoms with Crippen LogP contribution in [0.1, 0.15) is 11.3 Å². The molecular formula is C17H16N2O2. The van der Waals surface area contributed by atoms with Crippen LogP contribution in [0.3, 0.4) is 0 Å². The Hall–Kier alpha value is -2.46. The number of fused-ring (bicyclic) bond motifs is 3. The number of aliphatic carboxylic acids is 1. The van der Waals surface area contributed by atoms with Crippen molar-refractivity contribution in [3.8, 4) is 0 Å². The van der Waals surface area contributed by atoms with E-state index in [9.17, 15) is 4.79 Å². The molecule has 0 aliphatic rings. The van der Waals surface area contributed by atoms with Gasteiger partial charge in [0.05, 0.1) is 5.52 Å². The van der Waals surface area contributed by atoms with Gasteiger partial charge < -0.3 is 10.8 Å². The average Bonchev–Trinajstić information content (AvgIpc) is 2.47. The number of carboxylic acids is 1. The summed E-state index contributed by atoms with van der Waals surface area (Å²) in [6.45, 7) is 1.97. The molecule has 106 valence electrons. The van der Waals surface area contributed by atoms with Crippen LogP contribution < -0.4 is 5.73 Å². The number of hydrogen-bond acceptors (Lipinski definition) is 3. The highest BCUT2D eigenvalue weighted by molar-refractivity contribution is 6.06. The van der Waals surface area contributed by atoms with E-state index in [4.69, 9.17) is 10.8 Å². The third-order valence-corrected chi connectivity index (χ3v) is 3.73. The Bertz CT molecular complexity index is 843. The van der Waals surface area contributed by atoms with E-state index in [0.29, 0.717) is 6.42 Å². The minimum atomic E-state index is -0.983. The Morgan fingerprint density at radius 2 is 1.95 bits per heavy atom. The maximum Gasteiger partial charge on any atom is 0.320 e. The van der Waals surface area contributed by atoms with Crippen molar-refractivity contribution >= 4 is 27.6 Å². The van der Waals surface area contributed by atoms with Gasteiger partial charge in [0.25, 0.3) is 0 Å². The number of hydrogen-bond donors (Lipinski definition) is 2. The average molecular weight is 280 g/mol. The summed E-state index contributed by atoms with van der Waals surface area (Å²) in [6.07, 6.45) is 0.317. The summed E-state index contributed by atoms with van der Waals surface area (Å²) in [5, 5.41) is 12.2. The van der Waals surface area contributed by atoms with Crippen LogP contribution in [0.2, 0.25) is 0 Å². The lowest BCUT2D eigenvalue weighted by atomic mass is 9.99. The molecule has 3 rings (SSSR count). The number of rotatable bonds is 3. The third kappa shape index (κ3) is 2.45.